The predicted molar refractivity (Wildman–Crippen MR) is 112 cm³/mol. The third kappa shape index (κ3) is 5.31. The van der Waals surface area contributed by atoms with Crippen molar-refractivity contribution in [3.63, 3.8) is 0 Å². The van der Waals surface area contributed by atoms with Crippen molar-refractivity contribution in [2.75, 3.05) is 6.54 Å². The van der Waals surface area contributed by atoms with E-state index in [-0.39, 0.29) is 4.90 Å². The first-order chi connectivity index (χ1) is 13.9. The first kappa shape index (κ1) is 20.8. The Morgan fingerprint density at radius 3 is 1.93 bits per heavy atom. The van der Waals surface area contributed by atoms with Gasteiger partial charge in [-0.2, -0.15) is 4.72 Å². The van der Waals surface area contributed by atoms with Crippen LogP contribution in [0.3, 0.4) is 0 Å². The number of ether oxygens (including phenoxy) is 1. The Morgan fingerprint density at radius 1 is 0.862 bits per heavy atom. The largest absolute Gasteiger partial charge is 0.452 e. The minimum atomic E-state index is -3.81. The molecule has 0 aliphatic rings. The maximum absolute atomic E-state index is 12.5. The summed E-state index contributed by atoms with van der Waals surface area (Å²) in [5.74, 6) is -0.657. The Balaban J connectivity index is 1.73. The van der Waals surface area contributed by atoms with E-state index in [0.29, 0.717) is 0 Å². The summed E-state index contributed by atoms with van der Waals surface area (Å²) in [5, 5.41) is 0. The number of sulfonamides is 1. The molecule has 3 aromatic rings. The van der Waals surface area contributed by atoms with E-state index in [4.69, 9.17) is 4.74 Å². The second kappa shape index (κ2) is 9.03. The molecule has 0 aliphatic heterocycles. The fourth-order valence-electron chi connectivity index (χ4n) is 2.88. The Hall–Kier alpha value is -2.96. The standard InChI is InChI=1S/C23H23NO4S/c1-17-13-14-21(15-18(17)2)29(26,27)24-16-22(25)28-23(19-9-5-3-6-10-19)20-11-7-4-8-12-20/h3-15,23-24H,16H2,1-2H3. The fourth-order valence-corrected chi connectivity index (χ4v) is 3.93. The van der Waals surface area contributed by atoms with Gasteiger partial charge in [0.15, 0.2) is 6.10 Å². The van der Waals surface area contributed by atoms with Crippen LogP contribution in [0.4, 0.5) is 0 Å². The first-order valence-corrected chi connectivity index (χ1v) is 10.7. The molecule has 0 bridgehead atoms. The monoisotopic (exact) mass is 409 g/mol. The predicted octanol–water partition coefficient (Wildman–Crippen LogP) is 3.91. The molecule has 0 heterocycles. The first-order valence-electron chi connectivity index (χ1n) is 9.23. The van der Waals surface area contributed by atoms with E-state index in [1.807, 2.05) is 74.5 Å². The quantitative estimate of drug-likeness (QED) is 0.601. The lowest BCUT2D eigenvalue weighted by Crippen LogP contribution is -2.31. The molecule has 0 amide bonds. The summed E-state index contributed by atoms with van der Waals surface area (Å²) in [6.07, 6.45) is -0.615. The van der Waals surface area contributed by atoms with Gasteiger partial charge in [0, 0.05) is 0 Å². The number of hydrogen-bond donors (Lipinski definition) is 1. The van der Waals surface area contributed by atoms with Crippen LogP contribution in [0.2, 0.25) is 0 Å². The molecule has 5 nitrogen and oxygen atoms in total. The average Bonchev–Trinajstić information content (AvgIpc) is 2.74. The van der Waals surface area contributed by atoms with Crippen LogP contribution >= 0.6 is 0 Å². The summed E-state index contributed by atoms with van der Waals surface area (Å²) < 4.78 is 33.0. The van der Waals surface area contributed by atoms with Crippen molar-refractivity contribution in [3.05, 3.63) is 101 Å². The highest BCUT2D eigenvalue weighted by molar-refractivity contribution is 7.89. The van der Waals surface area contributed by atoms with Crippen LogP contribution in [0.1, 0.15) is 28.4 Å². The number of aryl methyl sites for hydroxylation is 2. The number of rotatable bonds is 7. The van der Waals surface area contributed by atoms with Crippen molar-refractivity contribution in [3.8, 4) is 0 Å². The van der Waals surface area contributed by atoms with Crippen LogP contribution in [0, 0.1) is 13.8 Å². The maximum atomic E-state index is 12.5. The molecule has 0 spiro atoms. The molecule has 0 fully saturated rings. The van der Waals surface area contributed by atoms with E-state index in [2.05, 4.69) is 4.72 Å². The van der Waals surface area contributed by atoms with Crippen molar-refractivity contribution >= 4 is 16.0 Å². The molecule has 0 unspecified atom stereocenters. The van der Waals surface area contributed by atoms with Crippen LogP contribution in [-0.2, 0) is 19.6 Å². The lowest BCUT2D eigenvalue weighted by molar-refractivity contribution is -0.146. The maximum Gasteiger partial charge on any atom is 0.321 e. The topological polar surface area (TPSA) is 72.5 Å². The van der Waals surface area contributed by atoms with E-state index >= 15 is 0 Å². The molecule has 0 saturated heterocycles. The van der Waals surface area contributed by atoms with E-state index in [1.165, 1.54) is 6.07 Å². The van der Waals surface area contributed by atoms with Gasteiger partial charge in [-0.25, -0.2) is 8.42 Å². The van der Waals surface area contributed by atoms with Crippen LogP contribution in [0.15, 0.2) is 83.8 Å². The van der Waals surface area contributed by atoms with Gasteiger partial charge in [0.05, 0.1) is 4.90 Å². The van der Waals surface area contributed by atoms with Crippen molar-refractivity contribution in [1.29, 1.82) is 0 Å². The van der Waals surface area contributed by atoms with E-state index < -0.39 is 28.6 Å². The smallest absolute Gasteiger partial charge is 0.321 e. The average molecular weight is 410 g/mol. The van der Waals surface area contributed by atoms with Gasteiger partial charge in [0.1, 0.15) is 6.54 Å². The number of esters is 1. The van der Waals surface area contributed by atoms with E-state index in [0.717, 1.165) is 22.3 Å². The van der Waals surface area contributed by atoms with Crippen LogP contribution < -0.4 is 4.72 Å². The van der Waals surface area contributed by atoms with Crippen LogP contribution in [0.5, 0.6) is 0 Å². The highest BCUT2D eigenvalue weighted by atomic mass is 32.2. The zero-order valence-electron chi connectivity index (χ0n) is 16.3. The Bertz CT molecular complexity index is 1040. The summed E-state index contributed by atoms with van der Waals surface area (Å²) in [5.41, 5.74) is 3.48. The van der Waals surface area contributed by atoms with Gasteiger partial charge < -0.3 is 4.74 Å². The normalized spacial score (nSPS) is 11.4. The lowest BCUT2D eigenvalue weighted by atomic mass is 10.0. The molecule has 0 radical (unpaired) electrons. The van der Waals surface area contributed by atoms with Crippen molar-refractivity contribution in [2.45, 2.75) is 24.8 Å². The number of benzene rings is 3. The van der Waals surface area contributed by atoms with Gasteiger partial charge in [0.2, 0.25) is 10.0 Å². The third-order valence-electron chi connectivity index (χ3n) is 4.65. The number of carbonyl (C=O) groups is 1. The van der Waals surface area contributed by atoms with E-state index in [9.17, 15) is 13.2 Å². The van der Waals surface area contributed by atoms with Gasteiger partial charge >= 0.3 is 5.97 Å². The van der Waals surface area contributed by atoms with Crippen molar-refractivity contribution in [1.82, 2.24) is 4.72 Å². The fraction of sp³-hybridized carbons (Fsp3) is 0.174. The number of hydrogen-bond acceptors (Lipinski definition) is 4. The minimum Gasteiger partial charge on any atom is -0.452 e. The second-order valence-electron chi connectivity index (χ2n) is 6.76. The molecule has 150 valence electrons. The molecule has 3 rings (SSSR count). The molecule has 0 saturated carbocycles. The SMILES string of the molecule is Cc1ccc(S(=O)(=O)NCC(=O)OC(c2ccccc2)c2ccccc2)cc1C. The molecular weight excluding hydrogens is 386 g/mol. The summed E-state index contributed by atoms with van der Waals surface area (Å²) in [6.45, 7) is 3.29. The minimum absolute atomic E-state index is 0.121. The highest BCUT2D eigenvalue weighted by Gasteiger charge is 2.21. The van der Waals surface area contributed by atoms with Crippen molar-refractivity contribution < 1.29 is 17.9 Å². The zero-order valence-corrected chi connectivity index (χ0v) is 17.1. The molecule has 1 N–H and O–H groups in total. The lowest BCUT2D eigenvalue weighted by Gasteiger charge is -2.19. The molecular formula is C23H23NO4S. The molecule has 0 aromatic heterocycles. The summed E-state index contributed by atoms with van der Waals surface area (Å²) in [6, 6.07) is 23.5. The van der Waals surface area contributed by atoms with Gasteiger partial charge in [0.25, 0.3) is 0 Å². The van der Waals surface area contributed by atoms with Gasteiger partial charge in [-0.1, -0.05) is 66.7 Å². The summed E-state index contributed by atoms with van der Waals surface area (Å²) in [4.78, 5) is 12.6. The van der Waals surface area contributed by atoms with E-state index in [1.54, 1.807) is 12.1 Å². The third-order valence-corrected chi connectivity index (χ3v) is 6.05. The van der Waals surface area contributed by atoms with Crippen LogP contribution in [-0.4, -0.2) is 20.9 Å². The molecule has 3 aromatic carbocycles. The molecule has 0 aliphatic carbocycles. The molecule has 0 atom stereocenters. The Kier molecular flexibility index (Phi) is 6.46. The van der Waals surface area contributed by atoms with Crippen LogP contribution in [0.25, 0.3) is 0 Å². The zero-order chi connectivity index (χ0) is 20.9. The molecule has 29 heavy (non-hydrogen) atoms. The number of nitrogens with one attached hydrogen (secondary N) is 1. The highest BCUT2D eigenvalue weighted by Crippen LogP contribution is 2.26. The Labute approximate surface area is 171 Å². The summed E-state index contributed by atoms with van der Waals surface area (Å²) >= 11 is 0. The summed E-state index contributed by atoms with van der Waals surface area (Å²) in [7, 11) is -3.81. The van der Waals surface area contributed by atoms with Crippen molar-refractivity contribution in [2.24, 2.45) is 0 Å². The van der Waals surface area contributed by atoms with Gasteiger partial charge in [-0.15, -0.1) is 0 Å². The number of carbonyl (C=O) groups excluding carboxylic acids is 1. The molecule has 6 heteroatoms. The van der Waals surface area contributed by atoms with Gasteiger partial charge in [-0.05, 0) is 48.2 Å². The Morgan fingerprint density at radius 2 is 1.41 bits per heavy atom. The second-order valence-corrected chi connectivity index (χ2v) is 8.53. The van der Waals surface area contributed by atoms with Gasteiger partial charge in [-0.3, -0.25) is 4.79 Å².